The molecule has 0 radical (unpaired) electrons. The monoisotopic (exact) mass is 134 g/mol. The highest BCUT2D eigenvalue weighted by Gasteiger charge is 2.05. The molecule has 0 aromatic heterocycles. The lowest BCUT2D eigenvalue weighted by Crippen LogP contribution is -2.28. The number of ketones is 1. The van der Waals surface area contributed by atoms with Gasteiger partial charge >= 0.3 is 0 Å². The van der Waals surface area contributed by atoms with Crippen LogP contribution in [0.4, 0.5) is 4.39 Å². The van der Waals surface area contributed by atoms with Crippen molar-refractivity contribution in [3.05, 3.63) is 0 Å². The summed E-state index contributed by atoms with van der Waals surface area (Å²) in [7, 11) is 0. The zero-order chi connectivity index (χ0) is 7.28. The van der Waals surface area contributed by atoms with E-state index in [0.717, 1.165) is 0 Å². The molecular weight excluding hydrogens is 123 g/mol. The predicted molar refractivity (Wildman–Crippen MR) is 32.6 cm³/mol. The summed E-state index contributed by atoms with van der Waals surface area (Å²) in [6, 6.07) is -0.666. The number of alkyl halides is 1. The summed E-state index contributed by atoms with van der Waals surface area (Å²) in [6.07, 6.45) is 0.0486. The van der Waals surface area contributed by atoms with Crippen molar-refractivity contribution in [1.82, 2.24) is 0 Å². The van der Waals surface area contributed by atoms with Gasteiger partial charge in [-0.15, -0.1) is 0 Å². The standard InChI is InChI=1S/C5H11FN2O/c6-2-4(8)1-5(9)3-7/h4H,1-3,7-8H2. The topological polar surface area (TPSA) is 69.1 Å². The Morgan fingerprint density at radius 2 is 2.22 bits per heavy atom. The molecule has 0 aromatic rings. The summed E-state index contributed by atoms with van der Waals surface area (Å²) >= 11 is 0. The molecule has 0 aliphatic rings. The SMILES string of the molecule is NCC(=O)CC(N)CF. The Morgan fingerprint density at radius 1 is 1.67 bits per heavy atom. The number of hydrogen-bond acceptors (Lipinski definition) is 3. The minimum atomic E-state index is -0.666. The third kappa shape index (κ3) is 4.05. The first-order chi connectivity index (χ1) is 4.20. The number of carbonyl (C=O) groups excluding carboxylic acids is 1. The molecule has 0 bridgehead atoms. The fourth-order valence-corrected chi connectivity index (χ4v) is 0.430. The maximum absolute atomic E-state index is 11.6. The number of hydrogen-bond donors (Lipinski definition) is 2. The van der Waals surface area contributed by atoms with E-state index in [4.69, 9.17) is 11.5 Å². The molecule has 0 fully saturated rings. The Labute approximate surface area is 53.2 Å². The summed E-state index contributed by atoms with van der Waals surface area (Å²) in [6.45, 7) is -0.709. The maximum atomic E-state index is 11.6. The van der Waals surface area contributed by atoms with Gasteiger partial charge in [0.1, 0.15) is 12.5 Å². The minimum absolute atomic E-state index is 0.0479. The molecule has 4 N–H and O–H groups in total. The van der Waals surface area contributed by atoms with E-state index in [1.807, 2.05) is 0 Å². The van der Waals surface area contributed by atoms with E-state index in [2.05, 4.69) is 0 Å². The van der Waals surface area contributed by atoms with Gasteiger partial charge < -0.3 is 11.5 Å². The van der Waals surface area contributed by atoms with Crippen molar-refractivity contribution in [3.8, 4) is 0 Å². The molecule has 0 aliphatic heterocycles. The van der Waals surface area contributed by atoms with Gasteiger partial charge in [-0.1, -0.05) is 0 Å². The lowest BCUT2D eigenvalue weighted by molar-refractivity contribution is -0.118. The summed E-state index contributed by atoms with van der Waals surface area (Å²) in [5.41, 5.74) is 10.0. The summed E-state index contributed by atoms with van der Waals surface area (Å²) in [5.74, 6) is -0.194. The van der Waals surface area contributed by atoms with Crippen LogP contribution < -0.4 is 11.5 Å². The van der Waals surface area contributed by atoms with E-state index in [9.17, 15) is 9.18 Å². The highest BCUT2D eigenvalue weighted by Crippen LogP contribution is 1.88. The Bertz CT molecular complexity index is 97.0. The zero-order valence-corrected chi connectivity index (χ0v) is 5.14. The van der Waals surface area contributed by atoms with E-state index in [1.54, 1.807) is 0 Å². The first kappa shape index (κ1) is 8.52. The van der Waals surface area contributed by atoms with Crippen LogP contribution >= 0.6 is 0 Å². The molecule has 0 spiro atoms. The molecule has 0 heterocycles. The van der Waals surface area contributed by atoms with Gasteiger partial charge in [0.2, 0.25) is 0 Å². The molecule has 1 atom stereocenters. The van der Waals surface area contributed by atoms with Gasteiger partial charge in [-0.05, 0) is 0 Å². The van der Waals surface area contributed by atoms with Gasteiger partial charge in [-0.3, -0.25) is 4.79 Å². The van der Waals surface area contributed by atoms with E-state index < -0.39 is 12.7 Å². The molecule has 9 heavy (non-hydrogen) atoms. The number of Topliss-reactive ketones (excluding diaryl/α,β-unsaturated/α-hetero) is 1. The van der Waals surface area contributed by atoms with Crippen molar-refractivity contribution < 1.29 is 9.18 Å². The Balaban J connectivity index is 3.34. The highest BCUT2D eigenvalue weighted by molar-refractivity contribution is 5.80. The quantitative estimate of drug-likeness (QED) is 0.529. The molecule has 54 valence electrons. The number of carbonyl (C=O) groups is 1. The zero-order valence-electron chi connectivity index (χ0n) is 5.14. The number of rotatable bonds is 4. The largest absolute Gasteiger partial charge is 0.325 e. The van der Waals surface area contributed by atoms with Gasteiger partial charge in [0.25, 0.3) is 0 Å². The molecule has 0 saturated carbocycles. The van der Waals surface area contributed by atoms with Crippen LogP contribution in [0.15, 0.2) is 0 Å². The van der Waals surface area contributed by atoms with Crippen molar-refractivity contribution in [1.29, 1.82) is 0 Å². The van der Waals surface area contributed by atoms with Crippen LogP contribution in [0.3, 0.4) is 0 Å². The van der Waals surface area contributed by atoms with Crippen LogP contribution in [0.1, 0.15) is 6.42 Å². The van der Waals surface area contributed by atoms with Crippen LogP contribution in [0, 0.1) is 0 Å². The molecule has 0 aromatic carbocycles. The van der Waals surface area contributed by atoms with Gasteiger partial charge in [0, 0.05) is 12.5 Å². The normalized spacial score (nSPS) is 13.2. The predicted octanol–water partition coefficient (Wildman–Crippen LogP) is -0.799. The van der Waals surface area contributed by atoms with Crippen LogP contribution in [0.25, 0.3) is 0 Å². The van der Waals surface area contributed by atoms with Crippen molar-refractivity contribution in [2.24, 2.45) is 11.5 Å². The third-order valence-corrected chi connectivity index (χ3v) is 0.916. The summed E-state index contributed by atoms with van der Waals surface area (Å²) in [4.78, 5) is 10.4. The van der Waals surface area contributed by atoms with Gasteiger partial charge in [-0.25, -0.2) is 4.39 Å². The van der Waals surface area contributed by atoms with Gasteiger partial charge in [0.15, 0.2) is 0 Å². The number of nitrogens with two attached hydrogens (primary N) is 2. The lowest BCUT2D eigenvalue weighted by Gasteiger charge is -2.02. The van der Waals surface area contributed by atoms with Gasteiger partial charge in [0.05, 0.1) is 6.54 Å². The maximum Gasteiger partial charge on any atom is 0.148 e. The molecule has 0 rings (SSSR count). The molecular formula is C5H11FN2O. The summed E-state index contributed by atoms with van der Waals surface area (Å²) < 4.78 is 11.6. The highest BCUT2D eigenvalue weighted by atomic mass is 19.1. The van der Waals surface area contributed by atoms with Crippen LogP contribution in [-0.2, 0) is 4.79 Å². The second-order valence-electron chi connectivity index (χ2n) is 1.86. The molecule has 4 heteroatoms. The smallest absolute Gasteiger partial charge is 0.148 e. The minimum Gasteiger partial charge on any atom is -0.325 e. The van der Waals surface area contributed by atoms with Crippen LogP contribution in [0.5, 0.6) is 0 Å². The molecule has 0 amide bonds. The molecule has 0 aliphatic carbocycles. The Morgan fingerprint density at radius 3 is 2.56 bits per heavy atom. The fraction of sp³-hybridized carbons (Fsp3) is 0.800. The van der Waals surface area contributed by atoms with Crippen molar-refractivity contribution in [3.63, 3.8) is 0 Å². The molecule has 3 nitrogen and oxygen atoms in total. The van der Waals surface area contributed by atoms with E-state index in [-0.39, 0.29) is 18.7 Å². The van der Waals surface area contributed by atoms with Crippen molar-refractivity contribution >= 4 is 5.78 Å². The Kier molecular flexibility index (Phi) is 4.17. The second kappa shape index (κ2) is 4.40. The average Bonchev–Trinajstić information content (AvgIpc) is 1.87. The average molecular weight is 134 g/mol. The number of halogens is 1. The van der Waals surface area contributed by atoms with Crippen molar-refractivity contribution in [2.75, 3.05) is 13.2 Å². The van der Waals surface area contributed by atoms with E-state index in [0.29, 0.717) is 0 Å². The molecule has 0 saturated heterocycles. The third-order valence-electron chi connectivity index (χ3n) is 0.916. The molecule has 1 unspecified atom stereocenters. The lowest BCUT2D eigenvalue weighted by atomic mass is 10.2. The van der Waals surface area contributed by atoms with Gasteiger partial charge in [-0.2, -0.15) is 0 Å². The fourth-order valence-electron chi connectivity index (χ4n) is 0.430. The van der Waals surface area contributed by atoms with Crippen LogP contribution in [-0.4, -0.2) is 25.0 Å². The first-order valence-electron chi connectivity index (χ1n) is 2.74. The van der Waals surface area contributed by atoms with E-state index in [1.165, 1.54) is 0 Å². The first-order valence-corrected chi connectivity index (χ1v) is 2.74. The second-order valence-corrected chi connectivity index (χ2v) is 1.86. The van der Waals surface area contributed by atoms with E-state index >= 15 is 0 Å². The summed E-state index contributed by atoms with van der Waals surface area (Å²) in [5, 5.41) is 0. The Hall–Kier alpha value is -0.480. The van der Waals surface area contributed by atoms with Crippen molar-refractivity contribution in [2.45, 2.75) is 12.5 Å². The van der Waals surface area contributed by atoms with Crippen LogP contribution in [0.2, 0.25) is 0 Å².